The normalized spacial score (nSPS) is 18.3. The second kappa shape index (κ2) is 4.70. The summed E-state index contributed by atoms with van der Waals surface area (Å²) < 4.78 is 0. The molecule has 2 aromatic rings. The Kier molecular flexibility index (Phi) is 2.82. The molecular weight excluding hydrogens is 284 g/mol. The van der Waals surface area contributed by atoms with Gasteiger partial charge in [0.25, 0.3) is 11.8 Å². The number of imide groups is 1. The maximum absolute atomic E-state index is 11.7. The Morgan fingerprint density at radius 3 is 2.67 bits per heavy atom. The van der Waals surface area contributed by atoms with Crippen LogP contribution in [0.5, 0.6) is 0 Å². The molecule has 1 aromatic carbocycles. The van der Waals surface area contributed by atoms with Crippen molar-refractivity contribution in [2.75, 3.05) is 5.32 Å². The van der Waals surface area contributed by atoms with Crippen LogP contribution < -0.4 is 10.6 Å². The summed E-state index contributed by atoms with van der Waals surface area (Å²) >= 11 is 1.75. The first-order valence-corrected chi connectivity index (χ1v) is 7.90. The number of carbonyl (C=O) groups is 2. The Labute approximate surface area is 126 Å². The molecule has 0 bridgehead atoms. The topological polar surface area (TPSA) is 58.2 Å². The second-order valence-corrected chi connectivity index (χ2v) is 6.50. The highest BCUT2D eigenvalue weighted by atomic mass is 32.1. The van der Waals surface area contributed by atoms with E-state index in [4.69, 9.17) is 0 Å². The third-order valence-corrected chi connectivity index (χ3v) is 4.96. The van der Waals surface area contributed by atoms with Gasteiger partial charge in [0.15, 0.2) is 0 Å². The number of carbonyl (C=O) groups excluding carboxylic acids is 2. The van der Waals surface area contributed by atoms with E-state index >= 15 is 0 Å². The fourth-order valence-electron chi connectivity index (χ4n) is 2.76. The minimum absolute atomic E-state index is 0.295. The maximum atomic E-state index is 11.7. The molecule has 4 rings (SSSR count). The summed E-state index contributed by atoms with van der Waals surface area (Å²) in [5, 5.41) is 7.93. The van der Waals surface area contributed by atoms with Crippen LogP contribution in [0.1, 0.15) is 44.5 Å². The molecule has 0 radical (unpaired) electrons. The second-order valence-electron chi connectivity index (χ2n) is 5.52. The monoisotopic (exact) mass is 298 g/mol. The fourth-order valence-corrected chi connectivity index (χ4v) is 3.63. The SMILES string of the molecule is O=C1NC(=O)c2cc(NC(c3cccs3)C3CC3)ccc21. The first-order chi connectivity index (χ1) is 10.2. The van der Waals surface area contributed by atoms with E-state index in [0.29, 0.717) is 23.1 Å². The largest absolute Gasteiger partial charge is 0.377 e. The van der Waals surface area contributed by atoms with Crippen molar-refractivity contribution in [1.29, 1.82) is 0 Å². The molecule has 1 unspecified atom stereocenters. The number of thiophene rings is 1. The molecule has 1 fully saturated rings. The van der Waals surface area contributed by atoms with E-state index in [0.717, 1.165) is 5.69 Å². The predicted octanol–water partition coefficient (Wildman–Crippen LogP) is 3.19. The maximum Gasteiger partial charge on any atom is 0.259 e. The minimum atomic E-state index is -0.308. The van der Waals surface area contributed by atoms with Gasteiger partial charge in [-0.05, 0) is 48.4 Å². The average molecular weight is 298 g/mol. The van der Waals surface area contributed by atoms with Crippen molar-refractivity contribution >= 4 is 28.8 Å². The Morgan fingerprint density at radius 1 is 1.14 bits per heavy atom. The third-order valence-electron chi connectivity index (χ3n) is 4.00. The van der Waals surface area contributed by atoms with Crippen LogP contribution in [0, 0.1) is 5.92 Å². The van der Waals surface area contributed by atoms with Crippen molar-refractivity contribution in [3.8, 4) is 0 Å². The van der Waals surface area contributed by atoms with Gasteiger partial charge in [0, 0.05) is 10.6 Å². The molecule has 1 aromatic heterocycles. The van der Waals surface area contributed by atoms with Gasteiger partial charge in [-0.15, -0.1) is 11.3 Å². The van der Waals surface area contributed by atoms with Crippen molar-refractivity contribution < 1.29 is 9.59 Å². The van der Waals surface area contributed by atoms with Crippen LogP contribution in [-0.2, 0) is 0 Å². The van der Waals surface area contributed by atoms with Crippen molar-refractivity contribution in [2.24, 2.45) is 5.92 Å². The van der Waals surface area contributed by atoms with E-state index in [-0.39, 0.29) is 11.8 Å². The number of fused-ring (bicyclic) bond motifs is 1. The van der Waals surface area contributed by atoms with Gasteiger partial charge in [-0.2, -0.15) is 0 Å². The van der Waals surface area contributed by atoms with E-state index in [2.05, 4.69) is 28.1 Å². The Morgan fingerprint density at radius 2 is 1.95 bits per heavy atom. The molecular formula is C16H14N2O2S. The van der Waals surface area contributed by atoms with Gasteiger partial charge in [0.2, 0.25) is 0 Å². The zero-order chi connectivity index (χ0) is 14.4. The smallest absolute Gasteiger partial charge is 0.259 e. The van der Waals surface area contributed by atoms with Gasteiger partial charge in [-0.1, -0.05) is 6.07 Å². The summed E-state index contributed by atoms with van der Waals surface area (Å²) in [7, 11) is 0. The van der Waals surface area contributed by atoms with Crippen LogP contribution in [0.25, 0.3) is 0 Å². The summed E-state index contributed by atoms with van der Waals surface area (Å²) in [6.45, 7) is 0. The number of amides is 2. The highest BCUT2D eigenvalue weighted by molar-refractivity contribution is 7.10. The molecule has 0 spiro atoms. The molecule has 1 saturated carbocycles. The zero-order valence-corrected chi connectivity index (χ0v) is 12.1. The highest BCUT2D eigenvalue weighted by Crippen LogP contribution is 2.44. The number of rotatable bonds is 4. The molecule has 5 heteroatoms. The van der Waals surface area contributed by atoms with E-state index < -0.39 is 0 Å². The number of hydrogen-bond donors (Lipinski definition) is 2. The van der Waals surface area contributed by atoms with Gasteiger partial charge < -0.3 is 5.32 Å². The van der Waals surface area contributed by atoms with Crippen LogP contribution in [0.15, 0.2) is 35.7 Å². The van der Waals surface area contributed by atoms with Crippen LogP contribution in [0.2, 0.25) is 0 Å². The van der Waals surface area contributed by atoms with Gasteiger partial charge in [0.1, 0.15) is 0 Å². The molecule has 1 aliphatic heterocycles. The van der Waals surface area contributed by atoms with Gasteiger partial charge in [0.05, 0.1) is 17.2 Å². The Hall–Kier alpha value is -2.14. The van der Waals surface area contributed by atoms with E-state index in [1.807, 2.05) is 6.07 Å². The lowest BCUT2D eigenvalue weighted by atomic mass is 10.1. The molecule has 2 N–H and O–H groups in total. The molecule has 2 heterocycles. The Balaban J connectivity index is 1.64. The molecule has 21 heavy (non-hydrogen) atoms. The summed E-state index contributed by atoms with van der Waals surface area (Å²) in [4.78, 5) is 24.6. The predicted molar refractivity (Wildman–Crippen MR) is 81.6 cm³/mol. The molecule has 4 nitrogen and oxygen atoms in total. The third kappa shape index (κ3) is 2.23. The van der Waals surface area contributed by atoms with E-state index in [1.165, 1.54) is 17.7 Å². The lowest BCUT2D eigenvalue weighted by Crippen LogP contribution is -2.19. The van der Waals surface area contributed by atoms with E-state index in [9.17, 15) is 9.59 Å². The van der Waals surface area contributed by atoms with Crippen LogP contribution in [-0.4, -0.2) is 11.8 Å². The van der Waals surface area contributed by atoms with Gasteiger partial charge in [-0.25, -0.2) is 0 Å². The first-order valence-electron chi connectivity index (χ1n) is 7.02. The van der Waals surface area contributed by atoms with Crippen molar-refractivity contribution in [1.82, 2.24) is 5.32 Å². The molecule has 1 aliphatic carbocycles. The first kappa shape index (κ1) is 12.6. The molecule has 2 amide bonds. The van der Waals surface area contributed by atoms with Crippen molar-refractivity contribution in [2.45, 2.75) is 18.9 Å². The fraction of sp³-hybridized carbons (Fsp3) is 0.250. The lowest BCUT2D eigenvalue weighted by Gasteiger charge is -2.18. The average Bonchev–Trinajstić information content (AvgIpc) is 3.10. The number of benzene rings is 1. The quantitative estimate of drug-likeness (QED) is 0.852. The van der Waals surface area contributed by atoms with Crippen molar-refractivity contribution in [3.05, 3.63) is 51.7 Å². The standard InChI is InChI=1S/C16H14N2O2S/c19-15-11-6-5-10(8-12(11)16(20)18-15)17-14(9-3-4-9)13-2-1-7-21-13/h1-2,5-9,14,17H,3-4H2,(H,18,19,20). The summed E-state index contributed by atoms with van der Waals surface area (Å²) in [6.07, 6.45) is 2.47. The van der Waals surface area contributed by atoms with Crippen LogP contribution in [0.4, 0.5) is 5.69 Å². The molecule has 0 saturated heterocycles. The highest BCUT2D eigenvalue weighted by Gasteiger charge is 2.33. The number of anilines is 1. The summed E-state index contributed by atoms with van der Waals surface area (Å²) in [5.41, 5.74) is 1.82. The van der Waals surface area contributed by atoms with Gasteiger partial charge >= 0.3 is 0 Å². The molecule has 106 valence electrons. The van der Waals surface area contributed by atoms with E-state index in [1.54, 1.807) is 23.5 Å². The van der Waals surface area contributed by atoms with Crippen LogP contribution in [0.3, 0.4) is 0 Å². The molecule has 1 atom stereocenters. The zero-order valence-electron chi connectivity index (χ0n) is 11.3. The summed E-state index contributed by atoms with van der Waals surface area (Å²) in [6, 6.07) is 9.87. The van der Waals surface area contributed by atoms with Gasteiger partial charge in [-0.3, -0.25) is 14.9 Å². The number of hydrogen-bond acceptors (Lipinski definition) is 4. The Bertz CT molecular complexity index is 720. The number of nitrogens with one attached hydrogen (secondary N) is 2. The summed E-state index contributed by atoms with van der Waals surface area (Å²) in [5.74, 6) is 0.0451. The lowest BCUT2D eigenvalue weighted by molar-refractivity contribution is 0.0879. The minimum Gasteiger partial charge on any atom is -0.377 e. The van der Waals surface area contributed by atoms with Crippen LogP contribution >= 0.6 is 11.3 Å². The molecule has 2 aliphatic rings. The van der Waals surface area contributed by atoms with Crippen molar-refractivity contribution in [3.63, 3.8) is 0 Å².